The van der Waals surface area contributed by atoms with E-state index in [4.69, 9.17) is 4.42 Å². The zero-order chi connectivity index (χ0) is 22.6. The standard InChI is InChI=1S/C25H33N3O4/c1-19-7-8-22(26-17-19)28(24(31)21-6-5-15-32-21)20-9-13-27(14-10-20)18-25(16-23(29)30)11-3-2-4-12-25/h5-8,15,17,20H,2-4,9-14,16,18H2,1H3,(H,29,30). The lowest BCUT2D eigenvalue weighted by Gasteiger charge is -2.44. The van der Waals surface area contributed by atoms with Crippen LogP contribution in [0.1, 0.15) is 67.5 Å². The van der Waals surface area contributed by atoms with Crippen molar-refractivity contribution in [2.24, 2.45) is 5.41 Å². The number of hydrogen-bond acceptors (Lipinski definition) is 5. The smallest absolute Gasteiger partial charge is 0.303 e. The van der Waals surface area contributed by atoms with Crippen LogP contribution in [0.15, 0.2) is 41.1 Å². The van der Waals surface area contributed by atoms with Crippen LogP contribution in [-0.4, -0.2) is 52.5 Å². The fourth-order valence-electron chi connectivity index (χ4n) is 5.40. The molecule has 2 aromatic heterocycles. The second-order valence-corrected chi connectivity index (χ2v) is 9.48. The van der Waals surface area contributed by atoms with Gasteiger partial charge in [-0.15, -0.1) is 0 Å². The Morgan fingerprint density at radius 1 is 1.19 bits per heavy atom. The van der Waals surface area contributed by atoms with E-state index >= 15 is 0 Å². The highest BCUT2D eigenvalue weighted by Crippen LogP contribution is 2.40. The molecule has 0 bridgehead atoms. The number of carboxylic acid groups (broad SMARTS) is 1. The Balaban J connectivity index is 1.46. The number of piperidine rings is 1. The molecule has 0 aromatic carbocycles. The molecule has 3 heterocycles. The summed E-state index contributed by atoms with van der Waals surface area (Å²) in [5.74, 6) is 0.101. The van der Waals surface area contributed by atoms with Gasteiger partial charge in [-0.3, -0.25) is 14.5 Å². The van der Waals surface area contributed by atoms with Gasteiger partial charge >= 0.3 is 5.97 Å². The largest absolute Gasteiger partial charge is 0.481 e. The molecular weight excluding hydrogens is 406 g/mol. The lowest BCUT2D eigenvalue weighted by molar-refractivity contribution is -0.140. The van der Waals surface area contributed by atoms with Crippen LogP contribution in [0.5, 0.6) is 0 Å². The predicted molar refractivity (Wildman–Crippen MR) is 122 cm³/mol. The second kappa shape index (κ2) is 9.86. The monoisotopic (exact) mass is 439 g/mol. The number of nitrogens with zero attached hydrogens (tertiary/aromatic N) is 3. The molecule has 0 spiro atoms. The molecule has 32 heavy (non-hydrogen) atoms. The number of anilines is 1. The van der Waals surface area contributed by atoms with E-state index < -0.39 is 5.97 Å². The van der Waals surface area contributed by atoms with Crippen LogP contribution in [0.2, 0.25) is 0 Å². The minimum Gasteiger partial charge on any atom is -0.481 e. The van der Waals surface area contributed by atoms with Crippen molar-refractivity contribution < 1.29 is 19.1 Å². The van der Waals surface area contributed by atoms with Crippen LogP contribution in [0.25, 0.3) is 0 Å². The predicted octanol–water partition coefficient (Wildman–Crippen LogP) is 4.52. The highest BCUT2D eigenvalue weighted by molar-refractivity contribution is 6.04. The Kier molecular flexibility index (Phi) is 6.94. The first kappa shape index (κ1) is 22.5. The van der Waals surface area contributed by atoms with Gasteiger partial charge in [0.15, 0.2) is 5.76 Å². The van der Waals surface area contributed by atoms with Crippen LogP contribution >= 0.6 is 0 Å². The van der Waals surface area contributed by atoms with Gasteiger partial charge in [0.2, 0.25) is 0 Å². The van der Waals surface area contributed by atoms with Gasteiger partial charge < -0.3 is 14.4 Å². The average molecular weight is 440 g/mol. The van der Waals surface area contributed by atoms with E-state index in [-0.39, 0.29) is 23.8 Å². The number of amides is 1. The number of rotatable bonds is 7. The Morgan fingerprint density at radius 2 is 1.94 bits per heavy atom. The molecular formula is C25H33N3O4. The fourth-order valence-corrected chi connectivity index (χ4v) is 5.40. The molecule has 1 saturated heterocycles. The Hall–Kier alpha value is -2.67. The number of carbonyl (C=O) groups is 2. The summed E-state index contributed by atoms with van der Waals surface area (Å²) < 4.78 is 5.40. The first-order chi connectivity index (χ1) is 15.5. The maximum absolute atomic E-state index is 13.3. The van der Waals surface area contributed by atoms with Gasteiger partial charge in [-0.25, -0.2) is 4.98 Å². The van der Waals surface area contributed by atoms with Gasteiger partial charge in [-0.05, 0) is 61.8 Å². The minimum absolute atomic E-state index is 0.0286. The van der Waals surface area contributed by atoms with E-state index in [1.807, 2.05) is 19.1 Å². The summed E-state index contributed by atoms with van der Waals surface area (Å²) in [7, 11) is 0. The number of aromatic nitrogens is 1. The summed E-state index contributed by atoms with van der Waals surface area (Å²) in [6, 6.07) is 7.31. The van der Waals surface area contributed by atoms with E-state index in [1.165, 1.54) is 12.7 Å². The molecule has 172 valence electrons. The van der Waals surface area contributed by atoms with Crippen LogP contribution in [0, 0.1) is 12.3 Å². The van der Waals surface area contributed by atoms with Crippen molar-refractivity contribution in [3.8, 4) is 0 Å². The lowest BCUT2D eigenvalue weighted by Crippen LogP contribution is -2.50. The molecule has 2 aromatic rings. The van der Waals surface area contributed by atoms with Gasteiger partial charge in [0.05, 0.1) is 12.7 Å². The van der Waals surface area contributed by atoms with Crippen molar-refractivity contribution in [1.82, 2.24) is 9.88 Å². The minimum atomic E-state index is -0.692. The third-order valence-corrected chi connectivity index (χ3v) is 7.02. The van der Waals surface area contributed by atoms with E-state index in [9.17, 15) is 14.7 Å². The number of aliphatic carboxylic acids is 1. The molecule has 4 rings (SSSR count). The number of hydrogen-bond donors (Lipinski definition) is 1. The Labute approximate surface area is 189 Å². The van der Waals surface area contributed by atoms with Crippen molar-refractivity contribution in [2.75, 3.05) is 24.5 Å². The molecule has 1 aliphatic carbocycles. The van der Waals surface area contributed by atoms with Crippen LogP contribution in [-0.2, 0) is 4.79 Å². The third kappa shape index (κ3) is 5.21. The Bertz CT molecular complexity index is 896. The summed E-state index contributed by atoms with van der Waals surface area (Å²) in [4.78, 5) is 33.5. The van der Waals surface area contributed by atoms with Gasteiger partial charge in [0, 0.05) is 31.9 Å². The van der Waals surface area contributed by atoms with Gasteiger partial charge in [-0.2, -0.15) is 0 Å². The summed E-state index contributed by atoms with van der Waals surface area (Å²) in [6.45, 7) is 4.51. The highest BCUT2D eigenvalue weighted by atomic mass is 16.4. The van der Waals surface area contributed by atoms with Crippen LogP contribution in [0.4, 0.5) is 5.82 Å². The Morgan fingerprint density at radius 3 is 2.53 bits per heavy atom. The van der Waals surface area contributed by atoms with E-state index in [2.05, 4.69) is 9.88 Å². The van der Waals surface area contributed by atoms with Crippen molar-refractivity contribution in [1.29, 1.82) is 0 Å². The SMILES string of the molecule is Cc1ccc(N(C(=O)c2ccco2)C2CCN(CC3(CC(=O)O)CCCCC3)CC2)nc1. The topological polar surface area (TPSA) is 86.9 Å². The molecule has 0 radical (unpaired) electrons. The molecule has 0 unspecified atom stereocenters. The zero-order valence-corrected chi connectivity index (χ0v) is 18.8. The molecule has 1 N–H and O–H groups in total. The third-order valence-electron chi connectivity index (χ3n) is 7.02. The van der Waals surface area contributed by atoms with Crippen LogP contribution < -0.4 is 4.90 Å². The summed E-state index contributed by atoms with van der Waals surface area (Å²) in [6.07, 6.45) is 10.6. The van der Waals surface area contributed by atoms with Crippen molar-refractivity contribution >= 4 is 17.7 Å². The maximum atomic E-state index is 13.3. The van der Waals surface area contributed by atoms with Gasteiger partial charge in [0.1, 0.15) is 5.82 Å². The van der Waals surface area contributed by atoms with Crippen molar-refractivity contribution in [3.63, 3.8) is 0 Å². The quantitative estimate of drug-likeness (QED) is 0.683. The number of carboxylic acids is 1. The second-order valence-electron chi connectivity index (χ2n) is 9.48. The zero-order valence-electron chi connectivity index (χ0n) is 18.8. The first-order valence-corrected chi connectivity index (χ1v) is 11.7. The number of carbonyl (C=O) groups excluding carboxylic acids is 1. The summed E-state index contributed by atoms with van der Waals surface area (Å²) in [5, 5.41) is 9.49. The van der Waals surface area contributed by atoms with Crippen LogP contribution in [0.3, 0.4) is 0 Å². The molecule has 1 amide bonds. The maximum Gasteiger partial charge on any atom is 0.303 e. The first-order valence-electron chi connectivity index (χ1n) is 11.7. The lowest BCUT2D eigenvalue weighted by atomic mass is 9.71. The number of furan rings is 1. The molecule has 7 nitrogen and oxygen atoms in total. The molecule has 7 heteroatoms. The van der Waals surface area contributed by atoms with E-state index in [0.29, 0.717) is 11.6 Å². The molecule has 2 aliphatic rings. The normalized spacial score (nSPS) is 19.5. The van der Waals surface area contributed by atoms with Gasteiger partial charge in [-0.1, -0.05) is 25.3 Å². The van der Waals surface area contributed by atoms with Crippen molar-refractivity contribution in [2.45, 2.75) is 64.3 Å². The van der Waals surface area contributed by atoms with E-state index in [1.54, 1.807) is 23.2 Å². The average Bonchev–Trinajstić information content (AvgIpc) is 3.31. The van der Waals surface area contributed by atoms with E-state index in [0.717, 1.165) is 63.7 Å². The van der Waals surface area contributed by atoms with Crippen molar-refractivity contribution in [3.05, 3.63) is 48.0 Å². The fraction of sp³-hybridized carbons (Fsp3) is 0.560. The highest BCUT2D eigenvalue weighted by Gasteiger charge is 2.38. The molecule has 2 fully saturated rings. The summed E-state index contributed by atoms with van der Waals surface area (Å²) in [5.41, 5.74) is 0.934. The summed E-state index contributed by atoms with van der Waals surface area (Å²) >= 11 is 0. The number of pyridine rings is 1. The van der Waals surface area contributed by atoms with Gasteiger partial charge in [0.25, 0.3) is 5.91 Å². The molecule has 1 aliphatic heterocycles. The molecule has 0 atom stereocenters. The number of aryl methyl sites for hydroxylation is 1. The molecule has 1 saturated carbocycles. The number of likely N-dealkylation sites (tertiary alicyclic amines) is 1.